The average molecular weight is 751 g/mol. The summed E-state index contributed by atoms with van der Waals surface area (Å²) in [5.74, 6) is -0.830. The maximum atomic E-state index is 14.5. The van der Waals surface area contributed by atoms with Gasteiger partial charge in [-0.05, 0) is 95.4 Å². The molecule has 1 saturated heterocycles. The molecule has 0 radical (unpaired) electrons. The molecule has 0 saturated carbocycles. The van der Waals surface area contributed by atoms with E-state index >= 15 is 0 Å². The summed E-state index contributed by atoms with van der Waals surface area (Å²) in [7, 11) is 0. The molecule has 1 heterocycles. The molecule has 234 valence electrons. The standard InChI is InChI=1S/C34H37Cl2IN2O5/c1-3-6-28(33(41)38-20-5-7-30(40)43-4-2)39-31(23-10-14-25(35)15-11-23)32(24-12-16-26(36)17-13-24)44-29(34(39)42)21-22-8-18-27(37)19-9-22/h8-19,28-29,31-32H,3-7,20-21H2,1-2H3,(H,38,41)/t28-,29+,31-,32+/m1/s1. The Balaban J connectivity index is 1.74. The number of morpholine rings is 1. The topological polar surface area (TPSA) is 84.9 Å². The zero-order chi connectivity index (χ0) is 31.6. The number of nitrogens with zero attached hydrogens (tertiary/aromatic N) is 1. The number of amides is 2. The van der Waals surface area contributed by atoms with Gasteiger partial charge in [0.25, 0.3) is 5.91 Å². The van der Waals surface area contributed by atoms with Gasteiger partial charge < -0.3 is 19.7 Å². The zero-order valence-electron chi connectivity index (χ0n) is 24.8. The highest BCUT2D eigenvalue weighted by atomic mass is 127. The molecule has 1 aliphatic heterocycles. The van der Waals surface area contributed by atoms with Gasteiger partial charge in [0.05, 0.1) is 12.6 Å². The molecule has 0 aliphatic carbocycles. The van der Waals surface area contributed by atoms with Crippen LogP contribution in [-0.2, 0) is 30.3 Å². The zero-order valence-corrected chi connectivity index (χ0v) is 28.5. The minimum atomic E-state index is -0.824. The highest BCUT2D eigenvalue weighted by molar-refractivity contribution is 14.1. The van der Waals surface area contributed by atoms with E-state index in [1.54, 1.807) is 36.1 Å². The summed E-state index contributed by atoms with van der Waals surface area (Å²) in [4.78, 5) is 41.9. The SMILES string of the molecule is CCC[C@H](C(=O)NCCCC(=O)OCC)N1C(=O)[C@H](Cc2ccc(I)cc2)O[C@@H](c2ccc(Cl)cc2)[C@H]1c1ccc(Cl)cc1. The third-order valence-corrected chi connectivity index (χ3v) is 8.76. The van der Waals surface area contributed by atoms with Crippen molar-refractivity contribution in [3.63, 3.8) is 0 Å². The van der Waals surface area contributed by atoms with Gasteiger partial charge in [0.2, 0.25) is 5.91 Å². The molecule has 44 heavy (non-hydrogen) atoms. The largest absolute Gasteiger partial charge is 0.466 e. The van der Waals surface area contributed by atoms with Gasteiger partial charge in [-0.1, -0.05) is 72.9 Å². The lowest BCUT2D eigenvalue weighted by molar-refractivity contribution is -0.181. The van der Waals surface area contributed by atoms with E-state index in [0.717, 1.165) is 20.3 Å². The number of esters is 1. The van der Waals surface area contributed by atoms with Crippen molar-refractivity contribution in [3.05, 3.63) is 103 Å². The summed E-state index contributed by atoms with van der Waals surface area (Å²) in [6, 6.07) is 21.3. The number of benzene rings is 3. The van der Waals surface area contributed by atoms with Crippen molar-refractivity contribution in [3.8, 4) is 0 Å². The highest BCUT2D eigenvalue weighted by Gasteiger charge is 2.48. The number of hydrogen-bond acceptors (Lipinski definition) is 5. The van der Waals surface area contributed by atoms with Crippen LogP contribution in [0.1, 0.15) is 68.4 Å². The lowest BCUT2D eigenvalue weighted by atomic mass is 9.88. The molecule has 0 spiro atoms. The van der Waals surface area contributed by atoms with Crippen LogP contribution in [0.4, 0.5) is 0 Å². The average Bonchev–Trinajstić information content (AvgIpc) is 3.01. The Morgan fingerprint density at radius 1 is 0.955 bits per heavy atom. The van der Waals surface area contributed by atoms with Crippen LogP contribution in [-0.4, -0.2) is 48.0 Å². The summed E-state index contributed by atoms with van der Waals surface area (Å²) in [6.07, 6.45) is 0.696. The van der Waals surface area contributed by atoms with Crippen molar-refractivity contribution >= 4 is 63.6 Å². The van der Waals surface area contributed by atoms with Crippen molar-refractivity contribution in [2.45, 2.75) is 70.2 Å². The predicted molar refractivity (Wildman–Crippen MR) is 181 cm³/mol. The van der Waals surface area contributed by atoms with E-state index in [4.69, 9.17) is 32.7 Å². The Morgan fingerprint density at radius 2 is 1.57 bits per heavy atom. The molecule has 10 heteroatoms. The fraction of sp³-hybridized carbons (Fsp3) is 0.382. The van der Waals surface area contributed by atoms with E-state index in [2.05, 4.69) is 27.9 Å². The smallest absolute Gasteiger partial charge is 0.305 e. The first-order valence-electron chi connectivity index (χ1n) is 14.9. The van der Waals surface area contributed by atoms with Crippen molar-refractivity contribution < 1.29 is 23.9 Å². The Labute approximate surface area is 282 Å². The van der Waals surface area contributed by atoms with Gasteiger partial charge in [-0.25, -0.2) is 0 Å². The van der Waals surface area contributed by atoms with E-state index in [1.807, 2.05) is 55.5 Å². The first kappa shape index (κ1) is 34.2. The molecule has 4 atom stereocenters. The van der Waals surface area contributed by atoms with Crippen molar-refractivity contribution in [1.29, 1.82) is 0 Å². The van der Waals surface area contributed by atoms with Crippen LogP contribution in [0.25, 0.3) is 0 Å². The van der Waals surface area contributed by atoms with Crippen LogP contribution >= 0.6 is 45.8 Å². The summed E-state index contributed by atoms with van der Waals surface area (Å²) in [6.45, 7) is 4.35. The van der Waals surface area contributed by atoms with Gasteiger partial charge in [0.1, 0.15) is 18.2 Å². The maximum Gasteiger partial charge on any atom is 0.305 e. The molecule has 1 N–H and O–H groups in total. The first-order valence-corrected chi connectivity index (χ1v) is 16.7. The Hall–Kier alpha value is -2.66. The Bertz CT molecular complexity index is 1400. The van der Waals surface area contributed by atoms with Crippen LogP contribution < -0.4 is 5.32 Å². The molecule has 2 amide bonds. The van der Waals surface area contributed by atoms with Gasteiger partial charge >= 0.3 is 5.97 Å². The quantitative estimate of drug-likeness (QED) is 0.111. The fourth-order valence-electron chi connectivity index (χ4n) is 5.45. The molecule has 3 aromatic rings. The van der Waals surface area contributed by atoms with Crippen LogP contribution in [0.15, 0.2) is 72.8 Å². The second-order valence-corrected chi connectivity index (χ2v) is 12.8. The van der Waals surface area contributed by atoms with E-state index < -0.39 is 24.3 Å². The molecule has 1 fully saturated rings. The second-order valence-electron chi connectivity index (χ2n) is 10.7. The van der Waals surface area contributed by atoms with E-state index in [-0.39, 0.29) is 30.7 Å². The summed E-state index contributed by atoms with van der Waals surface area (Å²) in [5, 5.41) is 4.12. The van der Waals surface area contributed by atoms with E-state index in [9.17, 15) is 14.4 Å². The minimum absolute atomic E-state index is 0.202. The van der Waals surface area contributed by atoms with Gasteiger partial charge in [-0.15, -0.1) is 0 Å². The molecule has 0 unspecified atom stereocenters. The van der Waals surface area contributed by atoms with Gasteiger partial charge in [-0.3, -0.25) is 14.4 Å². The van der Waals surface area contributed by atoms with Gasteiger partial charge in [-0.2, -0.15) is 0 Å². The van der Waals surface area contributed by atoms with Crippen LogP contribution in [0.2, 0.25) is 10.0 Å². The highest BCUT2D eigenvalue weighted by Crippen LogP contribution is 2.44. The van der Waals surface area contributed by atoms with E-state index in [1.165, 1.54) is 0 Å². The maximum absolute atomic E-state index is 14.5. The normalized spacial score (nSPS) is 19.0. The number of halogens is 3. The molecular weight excluding hydrogens is 714 g/mol. The monoisotopic (exact) mass is 750 g/mol. The van der Waals surface area contributed by atoms with Gasteiger partial charge in [0.15, 0.2) is 0 Å². The molecule has 3 aromatic carbocycles. The number of rotatable bonds is 13. The number of carbonyl (C=O) groups excluding carboxylic acids is 3. The second kappa shape index (κ2) is 16.6. The number of hydrogen-bond donors (Lipinski definition) is 1. The molecular formula is C34H37Cl2IN2O5. The predicted octanol–water partition coefficient (Wildman–Crippen LogP) is 7.48. The molecule has 0 bridgehead atoms. The fourth-order valence-corrected chi connectivity index (χ4v) is 6.06. The van der Waals surface area contributed by atoms with Crippen LogP contribution in [0.3, 0.4) is 0 Å². The Morgan fingerprint density at radius 3 is 2.16 bits per heavy atom. The third kappa shape index (κ3) is 8.96. The van der Waals surface area contributed by atoms with E-state index in [0.29, 0.717) is 42.3 Å². The van der Waals surface area contributed by atoms with Crippen LogP contribution in [0.5, 0.6) is 0 Å². The van der Waals surface area contributed by atoms with Crippen LogP contribution in [0, 0.1) is 3.57 Å². The summed E-state index contributed by atoms with van der Waals surface area (Å²) < 4.78 is 12.8. The molecule has 4 rings (SSSR count). The Kier molecular flexibility index (Phi) is 12.9. The number of nitrogens with one attached hydrogen (secondary N) is 1. The molecule has 7 nitrogen and oxygen atoms in total. The number of carbonyl (C=O) groups is 3. The van der Waals surface area contributed by atoms with Crippen molar-refractivity contribution in [2.24, 2.45) is 0 Å². The minimum Gasteiger partial charge on any atom is -0.466 e. The number of ether oxygens (including phenoxy) is 2. The lowest BCUT2D eigenvalue weighted by Crippen LogP contribution is -2.59. The third-order valence-electron chi connectivity index (χ3n) is 7.53. The van der Waals surface area contributed by atoms with Crippen molar-refractivity contribution in [2.75, 3.05) is 13.2 Å². The summed E-state index contributed by atoms with van der Waals surface area (Å²) in [5.41, 5.74) is 2.59. The van der Waals surface area contributed by atoms with Crippen molar-refractivity contribution in [1.82, 2.24) is 10.2 Å². The lowest BCUT2D eigenvalue weighted by Gasteiger charge is -2.47. The van der Waals surface area contributed by atoms with Gasteiger partial charge in [0, 0.05) is 33.0 Å². The molecule has 1 aliphatic rings. The molecule has 0 aromatic heterocycles. The first-order chi connectivity index (χ1) is 21.2. The summed E-state index contributed by atoms with van der Waals surface area (Å²) >= 11 is 14.8.